The number of benzene rings is 2. The van der Waals surface area contributed by atoms with Crippen molar-refractivity contribution in [2.75, 3.05) is 21.2 Å². The lowest BCUT2D eigenvalue weighted by Gasteiger charge is -2.13. The van der Waals surface area contributed by atoms with Crippen molar-refractivity contribution in [2.24, 2.45) is 4.99 Å². The van der Waals surface area contributed by atoms with Crippen LogP contribution >= 0.6 is 46.0 Å². The van der Waals surface area contributed by atoms with Crippen LogP contribution in [-0.2, 0) is 11.4 Å². The average molecular weight is 529 g/mol. The van der Waals surface area contributed by atoms with Gasteiger partial charge in [0.1, 0.15) is 6.61 Å². The van der Waals surface area contributed by atoms with Crippen LogP contribution in [0.5, 0.6) is 11.5 Å². The van der Waals surface area contributed by atoms with Crippen molar-refractivity contribution in [2.45, 2.75) is 6.61 Å². The molecule has 1 fully saturated rings. The van der Waals surface area contributed by atoms with E-state index in [0.29, 0.717) is 33.2 Å². The highest BCUT2D eigenvalue weighted by Gasteiger charge is 2.29. The molecule has 1 heterocycles. The Balaban J connectivity index is 1.84. The van der Waals surface area contributed by atoms with Crippen LogP contribution in [0.3, 0.4) is 0 Å². The highest BCUT2D eigenvalue weighted by atomic mass is 127. The molecule has 8 heteroatoms. The van der Waals surface area contributed by atoms with E-state index >= 15 is 0 Å². The van der Waals surface area contributed by atoms with Crippen LogP contribution < -0.4 is 9.47 Å². The van der Waals surface area contributed by atoms with E-state index in [2.05, 4.69) is 27.6 Å². The molecule has 0 saturated carbocycles. The summed E-state index contributed by atoms with van der Waals surface area (Å²) in [6.07, 6.45) is 1.78. The van der Waals surface area contributed by atoms with E-state index in [9.17, 15) is 4.79 Å². The number of hydrogen-bond donors (Lipinski definition) is 0. The first-order valence-electron chi connectivity index (χ1n) is 8.32. The number of aliphatic imine (C=N–C) groups is 1. The Kier molecular flexibility index (Phi) is 6.90. The summed E-state index contributed by atoms with van der Waals surface area (Å²) in [4.78, 5) is 18.5. The van der Waals surface area contributed by atoms with Gasteiger partial charge in [-0.05, 0) is 75.8 Å². The SMILES string of the molecule is CN=C1S/C(=C/c2cc(Cl)c(OCc3ccc(I)cc3)c(OC)c2)C(=O)N1C. The van der Waals surface area contributed by atoms with Gasteiger partial charge < -0.3 is 9.47 Å². The number of amidine groups is 1. The summed E-state index contributed by atoms with van der Waals surface area (Å²) >= 11 is 10.0. The standard InChI is InChI=1S/C20H18ClIN2O3S/c1-23-20-24(2)19(25)17(28-20)10-13-8-15(21)18(16(9-13)26-3)27-11-12-4-6-14(22)7-5-12/h4-10H,11H2,1-3H3/b17-10+,23-20?. The number of thioether (sulfide) groups is 1. The Morgan fingerprint density at radius 3 is 2.61 bits per heavy atom. The second-order valence-electron chi connectivity index (χ2n) is 5.93. The maximum Gasteiger partial charge on any atom is 0.266 e. The lowest BCUT2D eigenvalue weighted by atomic mass is 10.1. The maximum atomic E-state index is 12.3. The third kappa shape index (κ3) is 4.64. The summed E-state index contributed by atoms with van der Waals surface area (Å²) in [7, 11) is 4.92. The topological polar surface area (TPSA) is 51.1 Å². The quantitative estimate of drug-likeness (QED) is 0.402. The summed E-state index contributed by atoms with van der Waals surface area (Å²) in [5.41, 5.74) is 1.79. The predicted octanol–water partition coefficient (Wildman–Crippen LogP) is 5.06. The normalized spacial score (nSPS) is 16.9. The molecule has 0 aliphatic carbocycles. The second kappa shape index (κ2) is 9.19. The summed E-state index contributed by atoms with van der Waals surface area (Å²) in [6, 6.07) is 11.6. The van der Waals surface area contributed by atoms with E-state index in [1.54, 1.807) is 39.4 Å². The van der Waals surface area contributed by atoms with E-state index in [0.717, 1.165) is 14.7 Å². The van der Waals surface area contributed by atoms with Crippen molar-refractivity contribution >= 4 is 63.1 Å². The number of amides is 1. The van der Waals surface area contributed by atoms with Gasteiger partial charge in [-0.1, -0.05) is 23.7 Å². The molecule has 3 rings (SSSR count). The van der Waals surface area contributed by atoms with Gasteiger partial charge in [-0.15, -0.1) is 0 Å². The molecule has 146 valence electrons. The molecule has 1 aliphatic heterocycles. The van der Waals surface area contributed by atoms with Gasteiger partial charge in [-0.2, -0.15) is 0 Å². The van der Waals surface area contributed by atoms with E-state index in [1.165, 1.54) is 16.7 Å². The summed E-state index contributed by atoms with van der Waals surface area (Å²) < 4.78 is 12.5. The van der Waals surface area contributed by atoms with E-state index in [1.807, 2.05) is 24.3 Å². The van der Waals surface area contributed by atoms with Gasteiger partial charge in [0.05, 0.1) is 17.0 Å². The molecule has 28 heavy (non-hydrogen) atoms. The molecule has 1 amide bonds. The number of rotatable bonds is 5. The van der Waals surface area contributed by atoms with Gasteiger partial charge in [0.15, 0.2) is 16.7 Å². The fourth-order valence-corrected chi connectivity index (χ4v) is 4.16. The van der Waals surface area contributed by atoms with Gasteiger partial charge in [-0.25, -0.2) is 0 Å². The molecule has 0 radical (unpaired) electrons. The third-order valence-corrected chi connectivity index (χ3v) is 6.19. The van der Waals surface area contributed by atoms with Gasteiger partial charge in [0.25, 0.3) is 5.91 Å². The van der Waals surface area contributed by atoms with Crippen LogP contribution in [0.2, 0.25) is 5.02 Å². The van der Waals surface area contributed by atoms with E-state index in [-0.39, 0.29) is 5.91 Å². The molecule has 2 aromatic rings. The lowest BCUT2D eigenvalue weighted by molar-refractivity contribution is -0.121. The van der Waals surface area contributed by atoms with Crippen LogP contribution in [0.4, 0.5) is 0 Å². The van der Waals surface area contributed by atoms with Crippen LogP contribution in [0, 0.1) is 3.57 Å². The molecular formula is C20H18ClIN2O3S. The Morgan fingerprint density at radius 1 is 1.29 bits per heavy atom. The third-order valence-electron chi connectivity index (χ3n) is 4.04. The number of ether oxygens (including phenoxy) is 2. The Hall–Kier alpha value is -1.71. The predicted molar refractivity (Wildman–Crippen MR) is 123 cm³/mol. The molecule has 5 nitrogen and oxygen atoms in total. The minimum atomic E-state index is -0.0975. The van der Waals surface area contributed by atoms with Crippen molar-refractivity contribution in [3.8, 4) is 11.5 Å². The number of nitrogens with zero attached hydrogens (tertiary/aromatic N) is 2. The Bertz CT molecular complexity index is 961. The van der Waals surface area contributed by atoms with Gasteiger partial charge in [-0.3, -0.25) is 14.7 Å². The van der Waals surface area contributed by atoms with E-state index < -0.39 is 0 Å². The monoisotopic (exact) mass is 528 g/mol. The Morgan fingerprint density at radius 2 is 2.00 bits per heavy atom. The van der Waals surface area contributed by atoms with Crippen molar-refractivity contribution in [1.29, 1.82) is 0 Å². The number of carbonyl (C=O) groups is 1. The molecule has 0 atom stereocenters. The molecular weight excluding hydrogens is 511 g/mol. The lowest BCUT2D eigenvalue weighted by Crippen LogP contribution is -2.23. The second-order valence-corrected chi connectivity index (χ2v) is 8.59. The smallest absolute Gasteiger partial charge is 0.266 e. The summed E-state index contributed by atoms with van der Waals surface area (Å²) in [5.74, 6) is 0.890. The van der Waals surface area contributed by atoms with Crippen LogP contribution in [0.1, 0.15) is 11.1 Å². The zero-order chi connectivity index (χ0) is 20.3. The number of halogens is 2. The largest absolute Gasteiger partial charge is 0.493 e. The van der Waals surface area contributed by atoms with E-state index in [4.69, 9.17) is 21.1 Å². The minimum Gasteiger partial charge on any atom is -0.493 e. The van der Waals surface area contributed by atoms with Crippen molar-refractivity contribution in [3.05, 3.63) is 61.0 Å². The molecule has 0 bridgehead atoms. The molecule has 1 saturated heterocycles. The summed E-state index contributed by atoms with van der Waals surface area (Å²) in [5, 5.41) is 1.08. The van der Waals surface area contributed by atoms with Gasteiger partial charge in [0, 0.05) is 17.7 Å². The van der Waals surface area contributed by atoms with Crippen molar-refractivity contribution in [1.82, 2.24) is 4.90 Å². The van der Waals surface area contributed by atoms with Crippen molar-refractivity contribution < 1.29 is 14.3 Å². The van der Waals surface area contributed by atoms with Crippen LogP contribution in [-0.4, -0.2) is 37.2 Å². The molecule has 0 aromatic heterocycles. The number of likely N-dealkylation sites (N-methyl/N-ethyl adjacent to an activating group) is 1. The van der Waals surface area contributed by atoms with Crippen LogP contribution in [0.15, 0.2) is 46.3 Å². The Labute approximate surface area is 186 Å². The van der Waals surface area contributed by atoms with Crippen LogP contribution in [0.25, 0.3) is 6.08 Å². The highest BCUT2D eigenvalue weighted by Crippen LogP contribution is 2.39. The number of methoxy groups -OCH3 is 1. The molecule has 1 aliphatic rings. The summed E-state index contributed by atoms with van der Waals surface area (Å²) in [6.45, 7) is 0.378. The number of hydrogen-bond acceptors (Lipinski definition) is 5. The van der Waals surface area contributed by atoms with Gasteiger partial charge >= 0.3 is 0 Å². The number of carbonyl (C=O) groups excluding carboxylic acids is 1. The highest BCUT2D eigenvalue weighted by molar-refractivity contribution is 14.1. The first-order valence-corrected chi connectivity index (χ1v) is 10.6. The fraction of sp³-hybridized carbons (Fsp3) is 0.200. The first-order chi connectivity index (χ1) is 13.4. The zero-order valence-electron chi connectivity index (χ0n) is 15.5. The fourth-order valence-electron chi connectivity index (χ4n) is 2.60. The van der Waals surface area contributed by atoms with Crippen molar-refractivity contribution in [3.63, 3.8) is 0 Å². The molecule has 0 unspecified atom stereocenters. The van der Waals surface area contributed by atoms with Gasteiger partial charge in [0.2, 0.25) is 0 Å². The molecule has 0 spiro atoms. The minimum absolute atomic E-state index is 0.0975. The molecule has 0 N–H and O–H groups in total. The first kappa shape index (κ1) is 21.0. The average Bonchev–Trinajstić information content (AvgIpc) is 2.96. The maximum absolute atomic E-state index is 12.3. The molecule has 2 aromatic carbocycles. The zero-order valence-corrected chi connectivity index (χ0v) is 19.3.